The van der Waals surface area contributed by atoms with Gasteiger partial charge in [0.25, 0.3) is 5.91 Å². The molecule has 3 aromatic rings. The van der Waals surface area contributed by atoms with Gasteiger partial charge < -0.3 is 24.1 Å². The molecule has 4 N–H and O–H groups in total. The third-order valence-corrected chi connectivity index (χ3v) is 8.29. The average molecular weight is 590 g/mol. The van der Waals surface area contributed by atoms with Crippen molar-refractivity contribution in [2.75, 3.05) is 11.9 Å². The summed E-state index contributed by atoms with van der Waals surface area (Å²) in [5.74, 6) is -0.573. The number of nitrogens with one attached hydrogen (secondary N) is 2. The largest absolute Gasteiger partial charge is 0.394 e. The van der Waals surface area contributed by atoms with Crippen molar-refractivity contribution in [2.24, 2.45) is 5.16 Å². The third kappa shape index (κ3) is 6.80. The molecule has 222 valence electrons. The molecular weight excluding hydrogens is 553 g/mol. The van der Waals surface area contributed by atoms with E-state index in [-0.39, 0.29) is 29.2 Å². The fraction of sp³-hybridized carbons (Fsp3) is 0.500. The van der Waals surface area contributed by atoms with E-state index in [1.807, 2.05) is 39.3 Å². The molecule has 1 fully saturated rings. The smallest absolute Gasteiger partial charge is 0.350 e. The van der Waals surface area contributed by atoms with Crippen LogP contribution in [-0.4, -0.2) is 83.6 Å². The summed E-state index contributed by atoms with van der Waals surface area (Å²) in [6.07, 6.45) is -0.627. The van der Waals surface area contributed by atoms with Gasteiger partial charge in [0, 0.05) is 29.4 Å². The molecule has 0 saturated carbocycles. The number of nitrogens with zero attached hydrogens (tertiary/aromatic N) is 5. The lowest BCUT2D eigenvalue weighted by atomic mass is 10.0. The number of oxime groups is 1. The Morgan fingerprint density at radius 3 is 2.63 bits per heavy atom. The molecule has 4 rings (SSSR count). The molecule has 0 bridgehead atoms. The Balaban J connectivity index is 1.63. The minimum atomic E-state index is -1.79. The molecule has 1 aromatic carbocycles. The average Bonchev–Trinajstić information content (AvgIpc) is 3.49. The number of benzene rings is 1. The van der Waals surface area contributed by atoms with Gasteiger partial charge in [0.1, 0.15) is 24.4 Å². The van der Waals surface area contributed by atoms with Crippen LogP contribution in [0.3, 0.4) is 0 Å². The molecule has 5 atom stereocenters. The molecule has 0 spiro atoms. The second kappa shape index (κ2) is 13.6. The Morgan fingerprint density at radius 1 is 1.29 bits per heavy atom. The highest BCUT2D eigenvalue weighted by Gasteiger charge is 2.49. The van der Waals surface area contributed by atoms with Crippen molar-refractivity contribution < 1.29 is 28.9 Å². The Kier molecular flexibility index (Phi) is 10.2. The highest BCUT2D eigenvalue weighted by molar-refractivity contribution is 7.44. The van der Waals surface area contributed by atoms with Crippen molar-refractivity contribution in [1.82, 2.24) is 24.3 Å². The number of hydrogen-bond donors (Lipinski definition) is 4. The lowest BCUT2D eigenvalue weighted by Crippen LogP contribution is -2.39. The molecule has 5 unspecified atom stereocenters. The normalized spacial score (nSPS) is 21.9. The Morgan fingerprint density at radius 2 is 2.00 bits per heavy atom. The molecule has 1 aliphatic rings. The van der Waals surface area contributed by atoms with Crippen LogP contribution >= 0.6 is 8.53 Å². The number of aromatic amines is 1. The number of rotatable bonds is 12. The maximum Gasteiger partial charge on any atom is 0.350 e. The van der Waals surface area contributed by atoms with E-state index in [2.05, 4.69) is 25.5 Å². The predicted octanol–water partition coefficient (Wildman–Crippen LogP) is 2.61. The minimum Gasteiger partial charge on any atom is -0.394 e. The number of anilines is 1. The maximum atomic E-state index is 12.7. The number of carbonyl (C=O) groups excluding carboxylic acids is 1. The lowest BCUT2D eigenvalue weighted by molar-refractivity contribution is -0.0203. The minimum absolute atomic E-state index is 0.0286. The van der Waals surface area contributed by atoms with Gasteiger partial charge in [-0.05, 0) is 46.2 Å². The fourth-order valence-corrected chi connectivity index (χ4v) is 6.15. The van der Waals surface area contributed by atoms with Gasteiger partial charge in [-0.1, -0.05) is 30.3 Å². The Labute approximate surface area is 238 Å². The zero-order chi connectivity index (χ0) is 29.7. The van der Waals surface area contributed by atoms with Crippen molar-refractivity contribution >= 4 is 32.2 Å². The van der Waals surface area contributed by atoms with E-state index in [4.69, 9.17) is 13.9 Å². The summed E-state index contributed by atoms with van der Waals surface area (Å²) in [7, 11) is -1.79. The predicted molar refractivity (Wildman–Crippen MR) is 152 cm³/mol. The van der Waals surface area contributed by atoms with Gasteiger partial charge in [-0.15, -0.1) is 0 Å². The second-order valence-electron chi connectivity index (χ2n) is 9.97. The van der Waals surface area contributed by atoms with Crippen LogP contribution < -0.4 is 11.0 Å². The van der Waals surface area contributed by atoms with E-state index in [1.165, 1.54) is 6.20 Å². The molecule has 1 saturated heterocycles. The van der Waals surface area contributed by atoms with Crippen LogP contribution in [-0.2, 0) is 13.9 Å². The van der Waals surface area contributed by atoms with Gasteiger partial charge in [-0.3, -0.25) is 15.1 Å². The molecule has 1 aliphatic heterocycles. The summed E-state index contributed by atoms with van der Waals surface area (Å²) in [5, 5.41) is 32.2. The topological polar surface area (TPSA) is 176 Å². The number of aromatic nitrogens is 4. The van der Waals surface area contributed by atoms with Crippen molar-refractivity contribution in [3.8, 4) is 0 Å². The summed E-state index contributed by atoms with van der Waals surface area (Å²) in [4.78, 5) is 32.2. The van der Waals surface area contributed by atoms with Crippen LogP contribution in [0.4, 0.5) is 5.95 Å². The standard InChI is InChI=1S/C26H36N7O7P/c1-6-12-28-40-41(33(15(2)3)16(4)5)39-22-19(14-34)38-21(20(22)35)18-13-27-32-23(18)29-25(31-26(32)37)30-24(36)17-10-8-7-9-11-17/h7-13,15-16,19-22,34-35H,6,14H2,1-5H3,(H2,29,30,31,36,37)/b28-12+. The summed E-state index contributed by atoms with van der Waals surface area (Å²) in [6.45, 7) is 9.46. The van der Waals surface area contributed by atoms with Gasteiger partial charge in [0.2, 0.25) is 5.95 Å². The van der Waals surface area contributed by atoms with E-state index in [0.717, 1.165) is 4.52 Å². The van der Waals surface area contributed by atoms with Crippen molar-refractivity contribution in [2.45, 2.75) is 77.5 Å². The molecule has 41 heavy (non-hydrogen) atoms. The molecule has 3 heterocycles. The van der Waals surface area contributed by atoms with Crippen LogP contribution in [0.1, 0.15) is 63.1 Å². The van der Waals surface area contributed by atoms with Crippen LogP contribution in [0.2, 0.25) is 0 Å². The number of hydrogen-bond acceptors (Lipinski definition) is 11. The molecular formula is C26H36N7O7P. The summed E-state index contributed by atoms with van der Waals surface area (Å²) >= 11 is 0. The molecule has 14 nitrogen and oxygen atoms in total. The fourth-order valence-electron chi connectivity index (χ4n) is 4.55. The van der Waals surface area contributed by atoms with Crippen LogP contribution in [0.25, 0.3) is 5.65 Å². The van der Waals surface area contributed by atoms with E-state index >= 15 is 0 Å². The van der Waals surface area contributed by atoms with Gasteiger partial charge in [-0.25, -0.2) is 9.46 Å². The highest BCUT2D eigenvalue weighted by atomic mass is 31.2. The number of amides is 1. The van der Waals surface area contributed by atoms with Crippen molar-refractivity contribution in [3.63, 3.8) is 0 Å². The quantitative estimate of drug-likeness (QED) is 0.140. The molecule has 15 heteroatoms. The van der Waals surface area contributed by atoms with Gasteiger partial charge in [0.15, 0.2) is 5.65 Å². The molecule has 0 radical (unpaired) electrons. The van der Waals surface area contributed by atoms with E-state index in [9.17, 15) is 19.8 Å². The number of ether oxygens (including phenoxy) is 1. The number of aliphatic hydroxyl groups is 2. The Hall–Kier alpha value is -3.26. The summed E-state index contributed by atoms with van der Waals surface area (Å²) < 4.78 is 21.1. The lowest BCUT2D eigenvalue weighted by Gasteiger charge is -2.35. The zero-order valence-corrected chi connectivity index (χ0v) is 24.4. The van der Waals surface area contributed by atoms with Crippen LogP contribution in [0.5, 0.6) is 0 Å². The molecule has 1 amide bonds. The van der Waals surface area contributed by atoms with Crippen molar-refractivity contribution in [1.29, 1.82) is 0 Å². The number of H-pyrrole nitrogens is 1. The first-order valence-electron chi connectivity index (χ1n) is 13.4. The first-order valence-corrected chi connectivity index (χ1v) is 14.5. The molecule has 0 aliphatic carbocycles. The zero-order valence-electron chi connectivity index (χ0n) is 23.5. The maximum absolute atomic E-state index is 12.7. The first kappa shape index (κ1) is 30.7. The van der Waals surface area contributed by atoms with Crippen LogP contribution in [0, 0.1) is 0 Å². The summed E-state index contributed by atoms with van der Waals surface area (Å²) in [6, 6.07) is 8.52. The second-order valence-corrected chi connectivity index (χ2v) is 11.3. The van der Waals surface area contributed by atoms with Gasteiger partial charge in [0.05, 0.1) is 12.8 Å². The van der Waals surface area contributed by atoms with Gasteiger partial charge in [-0.2, -0.15) is 14.6 Å². The van der Waals surface area contributed by atoms with E-state index in [0.29, 0.717) is 12.0 Å². The van der Waals surface area contributed by atoms with Crippen molar-refractivity contribution in [3.05, 3.63) is 58.1 Å². The number of fused-ring (bicyclic) bond motifs is 1. The van der Waals surface area contributed by atoms with Gasteiger partial charge >= 0.3 is 14.2 Å². The van der Waals surface area contributed by atoms with Crippen LogP contribution in [0.15, 0.2) is 46.5 Å². The molecule has 2 aromatic heterocycles. The Bertz CT molecular complexity index is 1390. The van der Waals surface area contributed by atoms with E-state index < -0.39 is 51.1 Å². The first-order chi connectivity index (χ1) is 19.7. The number of carbonyl (C=O) groups is 1. The SMILES string of the molecule is CC/C=N/OP(OC1C(CO)OC(c2cnn3c(=O)[nH]c(NC(=O)c4ccccc4)nc23)C1O)N(C(C)C)C(C)C. The highest BCUT2D eigenvalue weighted by Crippen LogP contribution is 2.50. The third-order valence-electron chi connectivity index (χ3n) is 6.33. The number of aliphatic hydroxyl groups excluding tert-OH is 2. The van der Waals surface area contributed by atoms with E-state index in [1.54, 1.807) is 36.5 Å². The summed E-state index contributed by atoms with van der Waals surface area (Å²) in [5.41, 5.74) is 0.0689. The monoisotopic (exact) mass is 589 g/mol.